The molecule has 0 atom stereocenters. The van der Waals surface area contributed by atoms with Gasteiger partial charge in [-0.25, -0.2) is 9.78 Å². The van der Waals surface area contributed by atoms with Crippen LogP contribution in [0.5, 0.6) is 5.88 Å². The highest BCUT2D eigenvalue weighted by atomic mass is 16.5. The maximum absolute atomic E-state index is 12.1. The molecular formula is C17H24N6O2. The molecule has 25 heavy (non-hydrogen) atoms. The minimum absolute atomic E-state index is 0.253. The second-order valence-electron chi connectivity index (χ2n) is 5.93. The van der Waals surface area contributed by atoms with Crippen molar-refractivity contribution in [3.8, 4) is 5.88 Å². The number of hydrogen-bond donors (Lipinski definition) is 2. The lowest BCUT2D eigenvalue weighted by Gasteiger charge is -2.11. The molecule has 0 unspecified atom stereocenters. The molecule has 1 aliphatic rings. The predicted molar refractivity (Wildman–Crippen MR) is 92.1 cm³/mol. The van der Waals surface area contributed by atoms with E-state index in [0.717, 1.165) is 43.0 Å². The molecule has 3 rings (SSSR count). The lowest BCUT2D eigenvalue weighted by molar-refractivity contribution is 0.239. The zero-order valence-electron chi connectivity index (χ0n) is 14.5. The zero-order chi connectivity index (χ0) is 17.5. The Morgan fingerprint density at radius 2 is 2.12 bits per heavy atom. The first-order valence-corrected chi connectivity index (χ1v) is 8.77. The fraction of sp³-hybridized carbons (Fsp3) is 0.529. The first kappa shape index (κ1) is 17.2. The van der Waals surface area contributed by atoms with Crippen LogP contribution >= 0.6 is 0 Å². The van der Waals surface area contributed by atoms with Crippen LogP contribution in [0.2, 0.25) is 0 Å². The second-order valence-corrected chi connectivity index (χ2v) is 5.93. The number of nitrogens with one attached hydrogen (secondary N) is 2. The van der Waals surface area contributed by atoms with Crippen molar-refractivity contribution in [2.75, 3.05) is 6.61 Å². The molecule has 8 nitrogen and oxygen atoms in total. The van der Waals surface area contributed by atoms with E-state index in [0.29, 0.717) is 25.6 Å². The van der Waals surface area contributed by atoms with Crippen LogP contribution < -0.4 is 15.4 Å². The Morgan fingerprint density at radius 3 is 3.00 bits per heavy atom. The Hall–Kier alpha value is -2.64. The second kappa shape index (κ2) is 8.46. The number of carbonyl (C=O) groups excluding carboxylic acids is 1. The molecule has 8 heteroatoms. The summed E-state index contributed by atoms with van der Waals surface area (Å²) in [5.74, 6) is 2.38. The van der Waals surface area contributed by atoms with Gasteiger partial charge in [-0.05, 0) is 25.8 Å². The summed E-state index contributed by atoms with van der Waals surface area (Å²) < 4.78 is 7.58. The number of aromatic nitrogens is 4. The molecule has 0 saturated carbocycles. The van der Waals surface area contributed by atoms with E-state index in [1.165, 1.54) is 6.42 Å². The summed E-state index contributed by atoms with van der Waals surface area (Å²) in [6.45, 7) is 4.08. The molecule has 2 aromatic rings. The maximum atomic E-state index is 12.1. The van der Waals surface area contributed by atoms with E-state index in [1.54, 1.807) is 6.20 Å². The van der Waals surface area contributed by atoms with E-state index < -0.39 is 0 Å². The first-order chi connectivity index (χ1) is 12.3. The molecule has 3 heterocycles. The third-order valence-corrected chi connectivity index (χ3v) is 4.16. The monoisotopic (exact) mass is 344 g/mol. The molecule has 0 bridgehead atoms. The van der Waals surface area contributed by atoms with Gasteiger partial charge in [0.1, 0.15) is 5.82 Å². The topological polar surface area (TPSA) is 94.0 Å². The molecule has 2 amide bonds. The van der Waals surface area contributed by atoms with Crippen molar-refractivity contribution >= 4 is 6.03 Å². The van der Waals surface area contributed by atoms with Gasteiger partial charge in [-0.3, -0.25) is 0 Å². The van der Waals surface area contributed by atoms with Crippen LogP contribution in [0, 0.1) is 0 Å². The number of aryl methyl sites for hydroxylation is 1. The van der Waals surface area contributed by atoms with Crippen LogP contribution in [-0.4, -0.2) is 32.4 Å². The average molecular weight is 344 g/mol. The molecule has 134 valence electrons. The number of rotatable bonds is 6. The highest BCUT2D eigenvalue weighted by molar-refractivity contribution is 5.73. The van der Waals surface area contributed by atoms with Crippen LogP contribution in [0.4, 0.5) is 4.79 Å². The van der Waals surface area contributed by atoms with Crippen molar-refractivity contribution in [3.05, 3.63) is 35.5 Å². The summed E-state index contributed by atoms with van der Waals surface area (Å²) in [6, 6.07) is 3.46. The summed E-state index contributed by atoms with van der Waals surface area (Å²) in [5, 5.41) is 14.1. The Bertz CT molecular complexity index is 715. The lowest BCUT2D eigenvalue weighted by Crippen LogP contribution is -2.35. The first-order valence-electron chi connectivity index (χ1n) is 8.77. The van der Waals surface area contributed by atoms with Gasteiger partial charge >= 0.3 is 6.03 Å². The van der Waals surface area contributed by atoms with Gasteiger partial charge in [0.15, 0.2) is 5.82 Å². The van der Waals surface area contributed by atoms with Gasteiger partial charge in [0, 0.05) is 31.3 Å². The van der Waals surface area contributed by atoms with Crippen LogP contribution in [0.3, 0.4) is 0 Å². The Kier molecular flexibility index (Phi) is 5.81. The number of fused-ring (bicyclic) bond motifs is 1. The highest BCUT2D eigenvalue weighted by Gasteiger charge is 2.15. The molecular weight excluding hydrogens is 320 g/mol. The van der Waals surface area contributed by atoms with Crippen molar-refractivity contribution in [3.63, 3.8) is 0 Å². The largest absolute Gasteiger partial charge is 0.478 e. The normalized spacial score (nSPS) is 13.6. The van der Waals surface area contributed by atoms with Crippen LogP contribution in [-0.2, 0) is 26.1 Å². The van der Waals surface area contributed by atoms with E-state index in [1.807, 2.05) is 19.1 Å². The lowest BCUT2D eigenvalue weighted by atomic mass is 10.2. The van der Waals surface area contributed by atoms with Gasteiger partial charge in [-0.2, -0.15) is 0 Å². The summed E-state index contributed by atoms with van der Waals surface area (Å²) in [6.07, 6.45) is 6.13. The Labute approximate surface area is 147 Å². The number of urea groups is 1. The van der Waals surface area contributed by atoms with Crippen molar-refractivity contribution in [1.29, 1.82) is 0 Å². The van der Waals surface area contributed by atoms with Gasteiger partial charge < -0.3 is 19.9 Å². The van der Waals surface area contributed by atoms with E-state index in [2.05, 4.69) is 30.4 Å². The smallest absolute Gasteiger partial charge is 0.315 e. The van der Waals surface area contributed by atoms with Gasteiger partial charge in [0.05, 0.1) is 13.2 Å². The number of carbonyl (C=O) groups is 1. The average Bonchev–Trinajstić information content (AvgIpc) is 2.86. The molecule has 0 saturated heterocycles. The summed E-state index contributed by atoms with van der Waals surface area (Å²) in [5.41, 5.74) is 0.843. The van der Waals surface area contributed by atoms with Crippen molar-refractivity contribution < 1.29 is 9.53 Å². The van der Waals surface area contributed by atoms with Crippen LogP contribution in [0.1, 0.15) is 43.4 Å². The minimum atomic E-state index is -0.253. The molecule has 1 aliphatic heterocycles. The quantitative estimate of drug-likeness (QED) is 0.833. The molecule has 0 aliphatic carbocycles. The van der Waals surface area contributed by atoms with Gasteiger partial charge in [-0.15, -0.1) is 10.2 Å². The number of nitrogens with zero attached hydrogens (tertiary/aromatic N) is 4. The van der Waals surface area contributed by atoms with Gasteiger partial charge in [0.2, 0.25) is 5.88 Å². The molecule has 0 aromatic carbocycles. The number of pyridine rings is 1. The van der Waals surface area contributed by atoms with Crippen LogP contribution in [0.15, 0.2) is 18.3 Å². The van der Waals surface area contributed by atoms with Crippen molar-refractivity contribution in [2.24, 2.45) is 0 Å². The maximum Gasteiger partial charge on any atom is 0.315 e. The van der Waals surface area contributed by atoms with Crippen LogP contribution in [0.25, 0.3) is 0 Å². The fourth-order valence-electron chi connectivity index (χ4n) is 2.90. The third-order valence-electron chi connectivity index (χ3n) is 4.16. The molecule has 0 fully saturated rings. The van der Waals surface area contributed by atoms with E-state index in [9.17, 15) is 4.79 Å². The fourth-order valence-corrected chi connectivity index (χ4v) is 2.90. The summed E-state index contributed by atoms with van der Waals surface area (Å²) in [7, 11) is 0. The number of amides is 2. The molecule has 0 radical (unpaired) electrons. The molecule has 0 spiro atoms. The highest BCUT2D eigenvalue weighted by Crippen LogP contribution is 2.15. The molecule has 2 aromatic heterocycles. The van der Waals surface area contributed by atoms with E-state index in [-0.39, 0.29) is 6.03 Å². The third kappa shape index (κ3) is 4.46. The minimum Gasteiger partial charge on any atom is -0.478 e. The van der Waals surface area contributed by atoms with Gasteiger partial charge in [-0.1, -0.05) is 12.5 Å². The number of hydrogen-bond acceptors (Lipinski definition) is 5. The number of ether oxygens (including phenoxy) is 1. The van der Waals surface area contributed by atoms with Gasteiger partial charge in [0.25, 0.3) is 0 Å². The van der Waals surface area contributed by atoms with E-state index in [4.69, 9.17) is 4.74 Å². The standard InChI is InChI=1S/C17H24N6O2/c1-2-25-16-13(7-6-9-18-16)11-19-17(24)20-12-15-22-21-14-8-4-3-5-10-23(14)15/h6-7,9H,2-5,8,10-12H2,1H3,(H2,19,20,24). The summed E-state index contributed by atoms with van der Waals surface area (Å²) >= 11 is 0. The molecule has 2 N–H and O–H groups in total. The predicted octanol–water partition coefficient (Wildman–Crippen LogP) is 1.80. The SMILES string of the molecule is CCOc1ncccc1CNC(=O)NCc1nnc2n1CCCCC2. The van der Waals surface area contributed by atoms with E-state index >= 15 is 0 Å². The van der Waals surface area contributed by atoms with Crippen molar-refractivity contribution in [2.45, 2.75) is 52.2 Å². The Balaban J connectivity index is 1.51. The van der Waals surface area contributed by atoms with Crippen molar-refractivity contribution in [1.82, 2.24) is 30.4 Å². The summed E-state index contributed by atoms with van der Waals surface area (Å²) in [4.78, 5) is 16.3. The Morgan fingerprint density at radius 1 is 1.24 bits per heavy atom. The zero-order valence-corrected chi connectivity index (χ0v) is 14.5.